The second-order valence-corrected chi connectivity index (χ2v) is 20.3. The van der Waals surface area contributed by atoms with Crippen LogP contribution in [0.1, 0.15) is 84.6 Å². The number of hydrogen-bond donors (Lipinski definition) is 1. The molecule has 0 aliphatic rings. The van der Waals surface area contributed by atoms with Crippen LogP contribution < -0.4 is 0 Å². The van der Waals surface area contributed by atoms with Gasteiger partial charge in [-0.05, 0) is 79.0 Å². The third-order valence-corrected chi connectivity index (χ3v) is 12.5. The summed E-state index contributed by atoms with van der Waals surface area (Å²) >= 11 is 0. The molecular formula is C60H57N4OPt-. The first-order chi connectivity index (χ1) is 31.0. The van der Waals surface area contributed by atoms with Crippen LogP contribution in [0.4, 0.5) is 0 Å². The van der Waals surface area contributed by atoms with E-state index in [0.29, 0.717) is 17.9 Å². The maximum Gasteiger partial charge on any atom is 0.144 e. The van der Waals surface area contributed by atoms with E-state index in [9.17, 15) is 5.11 Å². The summed E-state index contributed by atoms with van der Waals surface area (Å²) in [6.07, 6.45) is 3.77. The van der Waals surface area contributed by atoms with Crippen LogP contribution >= 0.6 is 0 Å². The monoisotopic (exact) mass is 1040 g/mol. The first-order valence-corrected chi connectivity index (χ1v) is 22.6. The van der Waals surface area contributed by atoms with Gasteiger partial charge in [-0.25, -0.2) is 4.98 Å². The molecule has 0 fully saturated rings. The maximum atomic E-state index is 12.5. The average molecular weight is 1050 g/mol. The predicted molar refractivity (Wildman–Crippen MR) is 270 cm³/mol. The minimum atomic E-state index is -0.339. The number of hydrogen-bond acceptors (Lipinski definition) is 4. The Morgan fingerprint density at radius 1 is 0.515 bits per heavy atom. The summed E-state index contributed by atoms with van der Waals surface area (Å²) in [6, 6.07) is 57.0. The molecule has 0 aliphatic carbocycles. The number of rotatable bonds is 8. The molecule has 0 spiro atoms. The third kappa shape index (κ3) is 9.20. The number of fused-ring (bicyclic) bond motifs is 1. The van der Waals surface area contributed by atoms with Gasteiger partial charge >= 0.3 is 0 Å². The fourth-order valence-electron chi connectivity index (χ4n) is 8.77. The summed E-state index contributed by atoms with van der Waals surface area (Å²) in [6.45, 7) is 20.3. The standard InChI is InChI=1S/C60H57N4O.Pt/c1-58(2,3)45-33-43(52-35-42(28-30-61-52)39-20-13-10-14-21-39)32-44(34-45)54-55-53(29-31-62-54)64(57(63-55)49-36-46(59(4,5)6)37-51(56(49)65)60(7,8)9)38-50-47(40-22-15-11-16-23-40)26-19-27-48(50)41-24-17-12-18-25-41;/h10-31,33-37,65H,38H2,1-9H3;/q-1;. The Kier molecular flexibility index (Phi) is 12.6. The Bertz CT molecular complexity index is 3110. The van der Waals surface area contributed by atoms with Crippen LogP contribution in [0.3, 0.4) is 0 Å². The molecule has 0 saturated heterocycles. The Morgan fingerprint density at radius 3 is 1.64 bits per heavy atom. The second-order valence-electron chi connectivity index (χ2n) is 20.3. The molecule has 5 nitrogen and oxygen atoms in total. The van der Waals surface area contributed by atoms with E-state index in [1.807, 2.05) is 18.5 Å². The van der Waals surface area contributed by atoms with Crippen LogP contribution in [0, 0.1) is 6.07 Å². The summed E-state index contributed by atoms with van der Waals surface area (Å²) in [5.74, 6) is 0.916. The van der Waals surface area contributed by atoms with Gasteiger partial charge in [-0.15, -0.1) is 23.8 Å². The molecule has 0 aliphatic heterocycles. The van der Waals surface area contributed by atoms with Gasteiger partial charge in [0.15, 0.2) is 0 Å². The Morgan fingerprint density at radius 2 is 1.06 bits per heavy atom. The number of pyridine rings is 2. The molecule has 9 aromatic rings. The number of benzene rings is 6. The molecule has 9 rings (SSSR count). The topological polar surface area (TPSA) is 63.8 Å². The number of aromatic hydroxyl groups is 1. The van der Waals surface area contributed by atoms with E-state index in [1.165, 1.54) is 0 Å². The van der Waals surface area contributed by atoms with E-state index in [0.717, 1.165) is 89.2 Å². The van der Waals surface area contributed by atoms with Crippen LogP contribution in [0.15, 0.2) is 164 Å². The fraction of sp³-hybridized carbons (Fsp3) is 0.217. The van der Waals surface area contributed by atoms with E-state index in [4.69, 9.17) is 15.0 Å². The zero-order chi connectivity index (χ0) is 45.7. The summed E-state index contributed by atoms with van der Waals surface area (Å²) < 4.78 is 2.29. The third-order valence-electron chi connectivity index (χ3n) is 12.5. The van der Waals surface area contributed by atoms with Crippen molar-refractivity contribution in [3.8, 4) is 73.0 Å². The normalized spacial score (nSPS) is 12.0. The van der Waals surface area contributed by atoms with Crippen molar-refractivity contribution in [2.24, 2.45) is 0 Å². The van der Waals surface area contributed by atoms with E-state index < -0.39 is 0 Å². The van der Waals surface area contributed by atoms with Gasteiger partial charge in [0.1, 0.15) is 11.6 Å². The van der Waals surface area contributed by atoms with Gasteiger partial charge in [0.2, 0.25) is 0 Å². The molecule has 6 heteroatoms. The minimum Gasteiger partial charge on any atom is -0.507 e. The molecule has 0 atom stereocenters. The van der Waals surface area contributed by atoms with Gasteiger partial charge in [0.25, 0.3) is 0 Å². The zero-order valence-corrected chi connectivity index (χ0v) is 41.6. The van der Waals surface area contributed by atoms with Crippen molar-refractivity contribution in [3.05, 3.63) is 192 Å². The van der Waals surface area contributed by atoms with Crippen LogP contribution in [-0.4, -0.2) is 24.6 Å². The Labute approximate surface area is 405 Å². The molecule has 0 radical (unpaired) electrons. The second kappa shape index (κ2) is 18.1. The van der Waals surface area contributed by atoms with E-state index in [-0.39, 0.29) is 43.1 Å². The van der Waals surface area contributed by atoms with E-state index >= 15 is 0 Å². The van der Waals surface area contributed by atoms with Gasteiger partial charge < -0.3 is 9.67 Å². The molecule has 3 aromatic heterocycles. The Hall–Kier alpha value is -6.42. The SMILES string of the molecule is CC(C)(C)c1cc(-c2cc(-c3ccccc3)ccn2)[c-]c(-c2nccc3c2nc(-c2cc(C(C)(C)C)cc(C(C)(C)C)c2O)n3Cc2c(-c3ccccc3)cccc2-c2ccccc2)c1.[Pt]. The van der Waals surface area contributed by atoms with Crippen molar-refractivity contribution >= 4 is 11.0 Å². The molecule has 0 saturated carbocycles. The van der Waals surface area contributed by atoms with Crippen LogP contribution in [-0.2, 0) is 43.9 Å². The van der Waals surface area contributed by atoms with Crippen LogP contribution in [0.25, 0.3) is 78.3 Å². The van der Waals surface area contributed by atoms with Crippen LogP contribution in [0.2, 0.25) is 0 Å². The van der Waals surface area contributed by atoms with Gasteiger partial charge in [-0.3, -0.25) is 9.97 Å². The first-order valence-electron chi connectivity index (χ1n) is 22.6. The van der Waals surface area contributed by atoms with Gasteiger partial charge in [0, 0.05) is 50.4 Å². The number of phenols is 1. The summed E-state index contributed by atoms with van der Waals surface area (Å²) in [5, 5.41) is 12.5. The first kappa shape index (κ1) is 46.1. The van der Waals surface area contributed by atoms with Crippen molar-refractivity contribution in [1.82, 2.24) is 19.5 Å². The van der Waals surface area contributed by atoms with Gasteiger partial charge in [-0.2, -0.15) is 0 Å². The van der Waals surface area contributed by atoms with Crippen molar-refractivity contribution in [2.45, 2.75) is 85.1 Å². The molecule has 6 aromatic carbocycles. The fourth-order valence-corrected chi connectivity index (χ4v) is 8.77. The summed E-state index contributed by atoms with van der Waals surface area (Å²) in [4.78, 5) is 15.6. The van der Waals surface area contributed by atoms with E-state index in [1.54, 1.807) is 0 Å². The molecule has 0 amide bonds. The van der Waals surface area contributed by atoms with Gasteiger partial charge in [-0.1, -0.05) is 195 Å². The molecular weight excluding hydrogens is 988 g/mol. The summed E-state index contributed by atoms with van der Waals surface area (Å²) in [5.41, 5.74) is 15.9. The molecule has 1 N–H and O–H groups in total. The Balaban J connectivity index is 0.00000592. The smallest absolute Gasteiger partial charge is 0.144 e. The van der Waals surface area contributed by atoms with Crippen molar-refractivity contribution in [2.75, 3.05) is 0 Å². The minimum absolute atomic E-state index is 0. The number of imidazole rings is 1. The van der Waals surface area contributed by atoms with E-state index in [2.05, 4.69) is 219 Å². The largest absolute Gasteiger partial charge is 0.507 e. The zero-order valence-electron chi connectivity index (χ0n) is 39.3. The summed E-state index contributed by atoms with van der Waals surface area (Å²) in [7, 11) is 0. The molecule has 3 heterocycles. The van der Waals surface area contributed by atoms with Crippen LogP contribution in [0.5, 0.6) is 5.75 Å². The molecule has 0 unspecified atom stereocenters. The average Bonchev–Trinajstić information content (AvgIpc) is 3.66. The van der Waals surface area contributed by atoms with Crippen molar-refractivity contribution in [3.63, 3.8) is 0 Å². The molecule has 66 heavy (non-hydrogen) atoms. The number of nitrogens with zero attached hydrogens (tertiary/aromatic N) is 4. The van der Waals surface area contributed by atoms with Crippen molar-refractivity contribution in [1.29, 1.82) is 0 Å². The number of phenolic OH excluding ortho intramolecular Hbond substituents is 1. The van der Waals surface area contributed by atoms with Gasteiger partial charge in [0.05, 0.1) is 23.1 Å². The molecule has 0 bridgehead atoms. The maximum absolute atomic E-state index is 12.5. The quantitative estimate of drug-likeness (QED) is 0.154. The molecule has 334 valence electrons. The predicted octanol–water partition coefficient (Wildman–Crippen LogP) is 15.3. The van der Waals surface area contributed by atoms with Crippen molar-refractivity contribution < 1.29 is 26.2 Å². The number of aromatic nitrogens is 4.